The maximum Gasteiger partial charge on any atom is 0.277 e. The lowest BCUT2D eigenvalue weighted by Gasteiger charge is -2.36. The fraction of sp³-hybridized carbons (Fsp3) is 0.484. The molecule has 212 valence electrons. The fourth-order valence-corrected chi connectivity index (χ4v) is 5.68. The second-order valence-electron chi connectivity index (χ2n) is 12.0. The van der Waals surface area contributed by atoms with E-state index in [9.17, 15) is 9.59 Å². The molecule has 2 aliphatic heterocycles. The van der Waals surface area contributed by atoms with Gasteiger partial charge in [0, 0.05) is 49.4 Å². The number of carbonyl (C=O) groups excluding carboxylic acids is 2. The lowest BCUT2D eigenvalue weighted by Crippen LogP contribution is -2.52. The SMILES string of the molecule is CC(C)(C)c1ccc(N(C(=O)c2cnc[nH]2)C(C(=O)NC2CCCN(CC3CCOC3)C2)c2cccnc2)cc1. The molecule has 2 amide bonds. The Bertz CT molecular complexity index is 1250. The van der Waals surface area contributed by atoms with Crippen LogP contribution in [0, 0.1) is 5.92 Å². The van der Waals surface area contributed by atoms with Crippen LogP contribution in [0.25, 0.3) is 0 Å². The van der Waals surface area contributed by atoms with Crippen molar-refractivity contribution in [1.82, 2.24) is 25.2 Å². The van der Waals surface area contributed by atoms with Crippen molar-refractivity contribution in [3.63, 3.8) is 0 Å². The lowest BCUT2D eigenvalue weighted by molar-refractivity contribution is -0.123. The number of likely N-dealkylation sites (tertiary alicyclic amines) is 1. The summed E-state index contributed by atoms with van der Waals surface area (Å²) in [6.45, 7) is 10.9. The third-order valence-electron chi connectivity index (χ3n) is 7.86. The number of nitrogens with one attached hydrogen (secondary N) is 2. The predicted octanol–water partition coefficient (Wildman–Crippen LogP) is 4.11. The molecule has 2 N–H and O–H groups in total. The molecule has 1 aromatic carbocycles. The van der Waals surface area contributed by atoms with Gasteiger partial charge in [-0.2, -0.15) is 0 Å². The minimum absolute atomic E-state index is 0.00452. The van der Waals surface area contributed by atoms with E-state index in [2.05, 4.69) is 45.9 Å². The van der Waals surface area contributed by atoms with Crippen LogP contribution in [0.5, 0.6) is 0 Å². The monoisotopic (exact) mass is 544 g/mol. The van der Waals surface area contributed by atoms with Gasteiger partial charge in [-0.1, -0.05) is 39.0 Å². The molecule has 2 saturated heterocycles. The van der Waals surface area contributed by atoms with E-state index in [1.165, 1.54) is 12.5 Å². The second-order valence-corrected chi connectivity index (χ2v) is 12.0. The van der Waals surface area contributed by atoms with Crippen molar-refractivity contribution in [2.45, 2.75) is 57.5 Å². The number of imidazole rings is 1. The summed E-state index contributed by atoms with van der Waals surface area (Å²) in [5, 5.41) is 3.30. The minimum Gasteiger partial charge on any atom is -0.381 e. The highest BCUT2D eigenvalue weighted by Crippen LogP contribution is 2.32. The van der Waals surface area contributed by atoms with Gasteiger partial charge in [0.05, 0.1) is 19.1 Å². The van der Waals surface area contributed by atoms with Crippen LogP contribution in [0.1, 0.15) is 67.7 Å². The van der Waals surface area contributed by atoms with Crippen LogP contribution in [-0.4, -0.2) is 70.6 Å². The van der Waals surface area contributed by atoms with E-state index < -0.39 is 6.04 Å². The van der Waals surface area contributed by atoms with E-state index in [4.69, 9.17) is 4.74 Å². The number of amides is 2. The number of nitrogens with zero attached hydrogens (tertiary/aromatic N) is 4. The van der Waals surface area contributed by atoms with Crippen LogP contribution in [0.3, 0.4) is 0 Å². The summed E-state index contributed by atoms with van der Waals surface area (Å²) in [5.41, 5.74) is 2.67. The lowest BCUT2D eigenvalue weighted by atomic mass is 9.87. The number of rotatable bonds is 8. The van der Waals surface area contributed by atoms with E-state index in [1.54, 1.807) is 23.4 Å². The molecule has 0 saturated carbocycles. The number of hydrogen-bond acceptors (Lipinski definition) is 6. The zero-order chi connectivity index (χ0) is 28.1. The smallest absolute Gasteiger partial charge is 0.277 e. The van der Waals surface area contributed by atoms with Crippen molar-refractivity contribution < 1.29 is 14.3 Å². The molecule has 3 unspecified atom stereocenters. The highest BCUT2D eigenvalue weighted by molar-refractivity contribution is 6.09. The maximum atomic E-state index is 14.2. The molecular formula is C31H40N6O3. The molecule has 3 atom stereocenters. The molecule has 9 heteroatoms. The normalized spacial score (nSPS) is 20.7. The second kappa shape index (κ2) is 12.3. The van der Waals surface area contributed by atoms with Gasteiger partial charge >= 0.3 is 0 Å². The third-order valence-corrected chi connectivity index (χ3v) is 7.86. The number of aromatic nitrogens is 3. The minimum atomic E-state index is -0.913. The Labute approximate surface area is 236 Å². The average Bonchev–Trinajstić information content (AvgIpc) is 3.67. The van der Waals surface area contributed by atoms with Crippen molar-refractivity contribution in [3.05, 3.63) is 78.1 Å². The van der Waals surface area contributed by atoms with E-state index >= 15 is 0 Å². The van der Waals surface area contributed by atoms with E-state index in [1.807, 2.05) is 30.3 Å². The molecule has 0 radical (unpaired) electrons. The number of H-pyrrole nitrogens is 1. The van der Waals surface area contributed by atoms with Crippen LogP contribution >= 0.6 is 0 Å². The molecule has 0 bridgehead atoms. The van der Waals surface area contributed by atoms with Crippen molar-refractivity contribution >= 4 is 17.5 Å². The van der Waals surface area contributed by atoms with Crippen molar-refractivity contribution in [1.29, 1.82) is 0 Å². The summed E-state index contributed by atoms with van der Waals surface area (Å²) >= 11 is 0. The zero-order valence-electron chi connectivity index (χ0n) is 23.7. The molecule has 0 spiro atoms. The van der Waals surface area contributed by atoms with E-state index in [0.29, 0.717) is 22.9 Å². The summed E-state index contributed by atoms with van der Waals surface area (Å²) in [4.78, 5) is 43.4. The zero-order valence-corrected chi connectivity index (χ0v) is 23.7. The Hall–Kier alpha value is -3.56. The summed E-state index contributed by atoms with van der Waals surface area (Å²) in [7, 11) is 0. The number of hydrogen-bond donors (Lipinski definition) is 2. The van der Waals surface area contributed by atoms with Gasteiger partial charge < -0.3 is 19.9 Å². The third kappa shape index (κ3) is 6.59. The quantitative estimate of drug-likeness (QED) is 0.443. The Morgan fingerprint density at radius 3 is 2.62 bits per heavy atom. The van der Waals surface area contributed by atoms with Crippen molar-refractivity contribution in [2.24, 2.45) is 5.92 Å². The molecule has 40 heavy (non-hydrogen) atoms. The highest BCUT2D eigenvalue weighted by atomic mass is 16.5. The first-order valence-corrected chi connectivity index (χ1v) is 14.2. The van der Waals surface area contributed by atoms with Gasteiger partial charge in [0.25, 0.3) is 5.91 Å². The topological polar surface area (TPSA) is 103 Å². The molecule has 5 rings (SSSR count). The Kier molecular flexibility index (Phi) is 8.61. The highest BCUT2D eigenvalue weighted by Gasteiger charge is 2.36. The maximum absolute atomic E-state index is 14.2. The summed E-state index contributed by atoms with van der Waals surface area (Å²) in [6.07, 6.45) is 9.30. The molecular weight excluding hydrogens is 504 g/mol. The first kappa shape index (κ1) is 28.0. The van der Waals surface area contributed by atoms with Gasteiger partial charge in [-0.25, -0.2) is 4.98 Å². The predicted molar refractivity (Wildman–Crippen MR) is 154 cm³/mol. The molecule has 3 aromatic rings. The van der Waals surface area contributed by atoms with Gasteiger partial charge in [-0.05, 0) is 60.9 Å². The largest absolute Gasteiger partial charge is 0.381 e. The Balaban J connectivity index is 1.45. The summed E-state index contributed by atoms with van der Waals surface area (Å²) in [6, 6.07) is 10.6. The van der Waals surface area contributed by atoms with Crippen LogP contribution in [0.15, 0.2) is 61.3 Å². The molecule has 2 aromatic heterocycles. The number of piperidine rings is 1. The van der Waals surface area contributed by atoms with E-state index in [-0.39, 0.29) is 23.3 Å². The molecule has 4 heterocycles. The molecule has 2 aliphatic rings. The number of pyridine rings is 1. The van der Waals surface area contributed by atoms with Crippen molar-refractivity contribution in [2.75, 3.05) is 37.7 Å². The number of ether oxygens (including phenoxy) is 1. The first-order valence-electron chi connectivity index (χ1n) is 14.2. The molecule has 0 aliphatic carbocycles. The van der Waals surface area contributed by atoms with Crippen LogP contribution in [0.4, 0.5) is 5.69 Å². The number of anilines is 1. The van der Waals surface area contributed by atoms with Crippen LogP contribution in [-0.2, 0) is 14.9 Å². The van der Waals surface area contributed by atoms with E-state index in [0.717, 1.165) is 57.7 Å². The summed E-state index contributed by atoms with van der Waals surface area (Å²) in [5.74, 6) is -0.00971. The van der Waals surface area contributed by atoms with Gasteiger partial charge in [0.1, 0.15) is 11.7 Å². The summed E-state index contributed by atoms with van der Waals surface area (Å²) < 4.78 is 5.57. The number of carbonyl (C=O) groups is 2. The Morgan fingerprint density at radius 1 is 1.15 bits per heavy atom. The van der Waals surface area contributed by atoms with Crippen LogP contribution < -0.4 is 10.2 Å². The standard InChI is InChI=1S/C31H40N6O3/c1-31(2,3)24-8-10-26(11-9-24)37(30(39)27-17-33-21-34-27)28(23-6-4-13-32-16-23)29(38)35-25-7-5-14-36(19-25)18-22-12-15-40-20-22/h4,6,8-11,13,16-17,21-22,25,28H,5,7,12,14-15,18-20H2,1-3H3,(H,33,34)(H,35,38). The average molecular weight is 545 g/mol. The number of benzene rings is 1. The van der Waals surface area contributed by atoms with Gasteiger partial charge in [-0.3, -0.25) is 19.5 Å². The Morgan fingerprint density at radius 2 is 1.98 bits per heavy atom. The molecule has 2 fully saturated rings. The fourth-order valence-electron chi connectivity index (χ4n) is 5.68. The van der Waals surface area contributed by atoms with Crippen LogP contribution in [0.2, 0.25) is 0 Å². The van der Waals surface area contributed by atoms with Gasteiger partial charge in [0.15, 0.2) is 0 Å². The molecule has 9 nitrogen and oxygen atoms in total. The van der Waals surface area contributed by atoms with Gasteiger partial charge in [0.2, 0.25) is 5.91 Å². The van der Waals surface area contributed by atoms with Crippen molar-refractivity contribution in [3.8, 4) is 0 Å². The number of aromatic amines is 1. The first-order chi connectivity index (χ1) is 19.3. The van der Waals surface area contributed by atoms with Gasteiger partial charge in [-0.15, -0.1) is 0 Å².